The molecule has 1 aliphatic rings. The third-order valence-electron chi connectivity index (χ3n) is 5.55. The van der Waals surface area contributed by atoms with Crippen molar-refractivity contribution in [2.45, 2.75) is 39.0 Å². The monoisotopic (exact) mass is 423 g/mol. The first-order valence-corrected chi connectivity index (χ1v) is 10.6. The molecule has 164 valence electrons. The highest BCUT2D eigenvalue weighted by atomic mass is 16.5. The number of likely N-dealkylation sites (tertiary alicyclic amines) is 1. The van der Waals surface area contributed by atoms with Gasteiger partial charge in [0, 0.05) is 19.3 Å². The fraction of sp³-hybridized carbons (Fsp3) is 0.417. The predicted octanol–water partition coefficient (Wildman–Crippen LogP) is 4.24. The van der Waals surface area contributed by atoms with E-state index in [2.05, 4.69) is 9.88 Å². The van der Waals surface area contributed by atoms with Crippen molar-refractivity contribution in [1.82, 2.24) is 14.9 Å². The van der Waals surface area contributed by atoms with Crippen molar-refractivity contribution in [3.63, 3.8) is 0 Å². The van der Waals surface area contributed by atoms with Crippen molar-refractivity contribution < 1.29 is 18.6 Å². The zero-order valence-corrected chi connectivity index (χ0v) is 18.3. The standard InChI is InChI=1S/C24H29N3O4/c1-17-21(26-24(31-17)20-10-6-11-22(28-2)23(20)29-3)15-27-13-7-9-19(14-27)30-16-18-8-4-5-12-25-18/h4-6,8,10-12,19H,7,9,13-16H2,1-3H3/t19-/m1/s1. The maximum Gasteiger partial charge on any atom is 0.230 e. The van der Waals surface area contributed by atoms with Crippen molar-refractivity contribution in [1.29, 1.82) is 0 Å². The molecule has 7 heteroatoms. The van der Waals surface area contributed by atoms with Gasteiger partial charge in [-0.1, -0.05) is 12.1 Å². The number of rotatable bonds is 8. The first kappa shape index (κ1) is 21.3. The number of oxazole rings is 1. The highest BCUT2D eigenvalue weighted by Gasteiger charge is 2.24. The van der Waals surface area contributed by atoms with Gasteiger partial charge in [0.25, 0.3) is 0 Å². The van der Waals surface area contributed by atoms with Crippen molar-refractivity contribution in [3.8, 4) is 23.0 Å². The molecule has 4 rings (SSSR count). The zero-order valence-electron chi connectivity index (χ0n) is 18.3. The van der Waals surface area contributed by atoms with E-state index in [1.165, 1.54) is 0 Å². The first-order chi connectivity index (χ1) is 15.2. The second kappa shape index (κ2) is 9.94. The van der Waals surface area contributed by atoms with Crippen LogP contribution in [-0.4, -0.2) is 48.3 Å². The molecule has 0 bridgehead atoms. The SMILES string of the molecule is COc1cccc(-c2nc(CN3CCC[C@@H](OCc4ccccn4)C3)c(C)o2)c1OC. The van der Waals surface area contributed by atoms with E-state index < -0.39 is 0 Å². The molecule has 31 heavy (non-hydrogen) atoms. The van der Waals surface area contributed by atoms with Crippen LogP contribution >= 0.6 is 0 Å². The number of aromatic nitrogens is 2. The highest BCUT2D eigenvalue weighted by Crippen LogP contribution is 2.38. The van der Waals surface area contributed by atoms with E-state index in [9.17, 15) is 0 Å². The molecule has 0 saturated carbocycles. The number of hydrogen-bond acceptors (Lipinski definition) is 7. The largest absolute Gasteiger partial charge is 0.493 e. The van der Waals surface area contributed by atoms with Crippen LogP contribution < -0.4 is 9.47 Å². The number of pyridine rings is 1. The smallest absolute Gasteiger partial charge is 0.230 e. The summed E-state index contributed by atoms with van der Waals surface area (Å²) in [6.45, 7) is 5.12. The lowest BCUT2D eigenvalue weighted by Gasteiger charge is -2.32. The molecule has 1 saturated heterocycles. The van der Waals surface area contributed by atoms with E-state index in [0.717, 1.165) is 55.2 Å². The number of nitrogens with zero attached hydrogens (tertiary/aromatic N) is 3. The van der Waals surface area contributed by atoms with Crippen molar-refractivity contribution in [3.05, 3.63) is 59.7 Å². The van der Waals surface area contributed by atoms with Crippen LogP contribution in [0.1, 0.15) is 30.0 Å². The van der Waals surface area contributed by atoms with Gasteiger partial charge >= 0.3 is 0 Å². The Morgan fingerprint density at radius 1 is 1.13 bits per heavy atom. The van der Waals surface area contributed by atoms with Crippen molar-refractivity contribution in [2.24, 2.45) is 0 Å². The molecule has 3 heterocycles. The van der Waals surface area contributed by atoms with Crippen LogP contribution in [0.5, 0.6) is 11.5 Å². The van der Waals surface area contributed by atoms with E-state index >= 15 is 0 Å². The van der Waals surface area contributed by atoms with Crippen molar-refractivity contribution >= 4 is 0 Å². The Bertz CT molecular complexity index is 990. The number of benzene rings is 1. The van der Waals surface area contributed by atoms with E-state index in [-0.39, 0.29) is 6.10 Å². The average molecular weight is 424 g/mol. The minimum absolute atomic E-state index is 0.195. The first-order valence-electron chi connectivity index (χ1n) is 10.6. The molecular formula is C24H29N3O4. The molecular weight excluding hydrogens is 394 g/mol. The molecule has 1 aromatic carbocycles. The Hall–Kier alpha value is -2.90. The summed E-state index contributed by atoms with van der Waals surface area (Å²) in [5.74, 6) is 2.64. The topological polar surface area (TPSA) is 69.9 Å². The normalized spacial score (nSPS) is 16.9. The Kier molecular flexibility index (Phi) is 6.84. The Balaban J connectivity index is 1.42. The summed E-state index contributed by atoms with van der Waals surface area (Å²) in [5.41, 5.74) is 2.68. The number of ether oxygens (including phenoxy) is 3. The Morgan fingerprint density at radius 2 is 2.03 bits per heavy atom. The molecule has 7 nitrogen and oxygen atoms in total. The molecule has 3 aromatic rings. The van der Waals surface area contributed by atoms with Crippen molar-refractivity contribution in [2.75, 3.05) is 27.3 Å². The van der Waals surface area contributed by atoms with E-state index in [1.807, 2.05) is 43.3 Å². The summed E-state index contributed by atoms with van der Waals surface area (Å²) in [6, 6.07) is 11.6. The number of piperidine rings is 1. The number of hydrogen-bond donors (Lipinski definition) is 0. The van der Waals surface area contributed by atoms with E-state index in [4.69, 9.17) is 23.6 Å². The molecule has 0 radical (unpaired) electrons. The number of methoxy groups -OCH3 is 2. The third-order valence-corrected chi connectivity index (χ3v) is 5.55. The molecule has 0 unspecified atom stereocenters. The summed E-state index contributed by atoms with van der Waals surface area (Å²) in [6.07, 6.45) is 4.16. The van der Waals surface area contributed by atoms with Crippen LogP contribution in [0.2, 0.25) is 0 Å². The summed E-state index contributed by atoms with van der Waals surface area (Å²) in [4.78, 5) is 11.5. The second-order valence-electron chi connectivity index (χ2n) is 7.69. The van der Waals surface area contributed by atoms with E-state index in [1.54, 1.807) is 20.4 Å². The summed E-state index contributed by atoms with van der Waals surface area (Å²) < 4.78 is 23.1. The average Bonchev–Trinajstić information content (AvgIpc) is 3.17. The van der Waals surface area contributed by atoms with Crippen LogP contribution in [0.3, 0.4) is 0 Å². The summed E-state index contributed by atoms with van der Waals surface area (Å²) in [5, 5.41) is 0. The molecule has 1 fully saturated rings. The zero-order chi connectivity index (χ0) is 21.6. The number of para-hydroxylation sites is 1. The third kappa shape index (κ3) is 5.06. The van der Waals surface area contributed by atoms with Gasteiger partial charge in [-0.2, -0.15) is 0 Å². The molecule has 0 aliphatic carbocycles. The van der Waals surface area contributed by atoms with Gasteiger partial charge in [0.05, 0.1) is 43.9 Å². The van der Waals surface area contributed by atoms with E-state index in [0.29, 0.717) is 24.0 Å². The van der Waals surface area contributed by atoms with Crippen LogP contribution in [0, 0.1) is 6.92 Å². The lowest BCUT2D eigenvalue weighted by Crippen LogP contribution is -2.39. The molecule has 0 amide bonds. The quantitative estimate of drug-likeness (QED) is 0.537. The second-order valence-corrected chi connectivity index (χ2v) is 7.69. The fourth-order valence-electron chi connectivity index (χ4n) is 3.94. The van der Waals surface area contributed by atoms with Crippen LogP contribution in [0.4, 0.5) is 0 Å². The van der Waals surface area contributed by atoms with Crippen LogP contribution in [0.15, 0.2) is 47.0 Å². The molecule has 0 spiro atoms. The molecule has 1 aliphatic heterocycles. The van der Waals surface area contributed by atoms with Gasteiger partial charge in [0.2, 0.25) is 5.89 Å². The predicted molar refractivity (Wildman–Crippen MR) is 117 cm³/mol. The molecule has 0 N–H and O–H groups in total. The van der Waals surface area contributed by atoms with Crippen LogP contribution in [0.25, 0.3) is 11.5 Å². The molecule has 1 atom stereocenters. The highest BCUT2D eigenvalue weighted by molar-refractivity contribution is 5.68. The van der Waals surface area contributed by atoms with Gasteiger partial charge < -0.3 is 18.6 Å². The summed E-state index contributed by atoms with van der Waals surface area (Å²) >= 11 is 0. The fourth-order valence-corrected chi connectivity index (χ4v) is 3.94. The lowest BCUT2D eigenvalue weighted by atomic mass is 10.1. The van der Waals surface area contributed by atoms with Gasteiger partial charge in [-0.3, -0.25) is 9.88 Å². The minimum atomic E-state index is 0.195. The maximum absolute atomic E-state index is 6.12. The summed E-state index contributed by atoms with van der Waals surface area (Å²) in [7, 11) is 3.24. The van der Waals surface area contributed by atoms with Gasteiger partial charge in [0.15, 0.2) is 11.5 Å². The van der Waals surface area contributed by atoms with Gasteiger partial charge in [0.1, 0.15) is 5.76 Å². The van der Waals surface area contributed by atoms with Gasteiger partial charge in [-0.05, 0) is 50.6 Å². The van der Waals surface area contributed by atoms with Gasteiger partial charge in [-0.25, -0.2) is 4.98 Å². The molecule has 2 aromatic heterocycles. The maximum atomic E-state index is 6.12. The van der Waals surface area contributed by atoms with Crippen LogP contribution in [-0.2, 0) is 17.9 Å². The Labute approximate surface area is 183 Å². The minimum Gasteiger partial charge on any atom is -0.493 e. The lowest BCUT2D eigenvalue weighted by molar-refractivity contribution is -0.0136. The number of aryl methyl sites for hydroxylation is 1. The van der Waals surface area contributed by atoms with Gasteiger partial charge in [-0.15, -0.1) is 0 Å². The Morgan fingerprint density at radius 3 is 2.81 bits per heavy atom.